The minimum absolute atomic E-state index is 0.753. The second kappa shape index (κ2) is 2.66. The van der Waals surface area contributed by atoms with Gasteiger partial charge in [0.15, 0.2) is 17.0 Å². The van der Waals surface area contributed by atoms with Crippen LogP contribution in [0.2, 0.25) is 0 Å². The van der Waals surface area contributed by atoms with Crippen molar-refractivity contribution in [2.75, 3.05) is 0 Å². The number of hydrogen-bond donors (Lipinski definition) is 1. The molecule has 0 fully saturated rings. The summed E-state index contributed by atoms with van der Waals surface area (Å²) in [6.07, 6.45) is 7.00. The summed E-state index contributed by atoms with van der Waals surface area (Å²) in [6, 6.07) is 3.89. The van der Waals surface area contributed by atoms with Crippen LogP contribution in [0.5, 0.6) is 0 Å². The van der Waals surface area contributed by atoms with Crippen molar-refractivity contribution in [2.45, 2.75) is 0 Å². The zero-order valence-electron chi connectivity index (χ0n) is 7.25. The Morgan fingerprint density at radius 1 is 1.07 bits per heavy atom. The number of fused-ring (bicyclic) bond motifs is 1. The molecule has 1 N–H and O–H groups in total. The predicted molar refractivity (Wildman–Crippen MR) is 51.0 cm³/mol. The molecule has 14 heavy (non-hydrogen) atoms. The van der Waals surface area contributed by atoms with Gasteiger partial charge in [-0.2, -0.15) is 0 Å². The van der Waals surface area contributed by atoms with Gasteiger partial charge in [0.05, 0.1) is 6.33 Å². The summed E-state index contributed by atoms with van der Waals surface area (Å²) in [6.45, 7) is 0. The van der Waals surface area contributed by atoms with E-state index in [1.807, 2.05) is 29.1 Å². The average Bonchev–Trinajstić information content (AvgIpc) is 2.88. The smallest absolute Gasteiger partial charge is 0.168 e. The van der Waals surface area contributed by atoms with E-state index in [2.05, 4.69) is 19.9 Å². The zero-order valence-corrected chi connectivity index (χ0v) is 7.25. The molecule has 0 spiro atoms. The van der Waals surface area contributed by atoms with Crippen LogP contribution in [0, 0.1) is 0 Å². The zero-order chi connectivity index (χ0) is 9.38. The highest BCUT2D eigenvalue weighted by molar-refractivity contribution is 5.77. The van der Waals surface area contributed by atoms with E-state index in [1.54, 1.807) is 6.33 Å². The van der Waals surface area contributed by atoms with E-state index < -0.39 is 0 Å². The molecule has 3 heterocycles. The lowest BCUT2D eigenvalue weighted by molar-refractivity contribution is 1.00. The lowest BCUT2D eigenvalue weighted by Gasteiger charge is -2.00. The number of nitrogens with zero attached hydrogens (tertiary/aromatic N) is 4. The number of H-pyrrole nitrogens is 1. The van der Waals surface area contributed by atoms with Crippen molar-refractivity contribution in [1.82, 2.24) is 24.5 Å². The van der Waals surface area contributed by atoms with Crippen molar-refractivity contribution < 1.29 is 0 Å². The first kappa shape index (κ1) is 7.25. The van der Waals surface area contributed by atoms with Crippen LogP contribution in [0.1, 0.15) is 0 Å². The number of nitrogens with one attached hydrogen (secondary N) is 1. The molecule has 0 unspecified atom stereocenters. The summed E-state index contributed by atoms with van der Waals surface area (Å²) in [5.74, 6) is 0.793. The number of aromatic amines is 1. The number of aromatic nitrogens is 5. The first-order valence-electron chi connectivity index (χ1n) is 4.22. The van der Waals surface area contributed by atoms with Crippen LogP contribution < -0.4 is 0 Å². The van der Waals surface area contributed by atoms with Crippen LogP contribution in [0.25, 0.3) is 17.0 Å². The highest BCUT2D eigenvalue weighted by Crippen LogP contribution is 2.13. The third-order valence-electron chi connectivity index (χ3n) is 2.05. The summed E-state index contributed by atoms with van der Waals surface area (Å²) in [5, 5.41) is 0. The van der Waals surface area contributed by atoms with E-state index in [4.69, 9.17) is 0 Å². The van der Waals surface area contributed by atoms with E-state index in [1.165, 1.54) is 6.33 Å². The topological polar surface area (TPSA) is 59.4 Å². The second-order valence-electron chi connectivity index (χ2n) is 2.89. The van der Waals surface area contributed by atoms with Gasteiger partial charge in [0.2, 0.25) is 0 Å². The number of rotatable bonds is 1. The van der Waals surface area contributed by atoms with Crippen LogP contribution in [-0.2, 0) is 0 Å². The Balaban J connectivity index is 2.36. The van der Waals surface area contributed by atoms with Gasteiger partial charge in [0, 0.05) is 12.4 Å². The van der Waals surface area contributed by atoms with Gasteiger partial charge in [-0.25, -0.2) is 15.0 Å². The molecule has 0 saturated carbocycles. The standard InChI is InChI=1S/C9H7N5/c1-2-4-14(3-1)9-7-8(11-5-10-7)12-6-13-9/h1-6H,(H,10,11,12,13). The fourth-order valence-corrected chi connectivity index (χ4v) is 1.42. The van der Waals surface area contributed by atoms with Crippen molar-refractivity contribution in [3.63, 3.8) is 0 Å². The molecule has 3 rings (SSSR count). The molecule has 0 aliphatic carbocycles. The molecule has 3 aromatic rings. The third-order valence-corrected chi connectivity index (χ3v) is 2.05. The molecule has 0 aliphatic rings. The van der Waals surface area contributed by atoms with Crippen molar-refractivity contribution >= 4 is 11.2 Å². The maximum atomic E-state index is 4.19. The van der Waals surface area contributed by atoms with Gasteiger partial charge in [-0.1, -0.05) is 0 Å². The maximum absolute atomic E-state index is 4.19. The fraction of sp³-hybridized carbons (Fsp3) is 0. The SMILES string of the molecule is c1ccn(-c2ncnc3[nH]cnc23)c1. The molecule has 0 bridgehead atoms. The minimum Gasteiger partial charge on any atom is -0.329 e. The first-order chi connectivity index (χ1) is 6.95. The average molecular weight is 185 g/mol. The van der Waals surface area contributed by atoms with E-state index >= 15 is 0 Å². The molecule has 0 aliphatic heterocycles. The van der Waals surface area contributed by atoms with E-state index in [-0.39, 0.29) is 0 Å². The van der Waals surface area contributed by atoms with Gasteiger partial charge in [-0.05, 0) is 12.1 Å². The largest absolute Gasteiger partial charge is 0.329 e. The number of imidazole rings is 1. The Labute approximate surface area is 79.5 Å². The summed E-state index contributed by atoms with van der Waals surface area (Å²) in [7, 11) is 0. The summed E-state index contributed by atoms with van der Waals surface area (Å²) >= 11 is 0. The van der Waals surface area contributed by atoms with Crippen molar-refractivity contribution in [2.24, 2.45) is 0 Å². The number of hydrogen-bond acceptors (Lipinski definition) is 3. The van der Waals surface area contributed by atoms with Gasteiger partial charge >= 0.3 is 0 Å². The Bertz CT molecular complexity index is 551. The van der Waals surface area contributed by atoms with Gasteiger partial charge in [0.25, 0.3) is 0 Å². The minimum atomic E-state index is 0.753. The summed E-state index contributed by atoms with van der Waals surface area (Å²) < 4.78 is 1.91. The molecule has 0 atom stereocenters. The van der Waals surface area contributed by atoms with Gasteiger partial charge in [-0.3, -0.25) is 0 Å². The highest BCUT2D eigenvalue weighted by Gasteiger charge is 2.05. The fourth-order valence-electron chi connectivity index (χ4n) is 1.42. The second-order valence-corrected chi connectivity index (χ2v) is 2.89. The lowest BCUT2D eigenvalue weighted by atomic mass is 10.5. The Hall–Kier alpha value is -2.17. The molecule has 0 radical (unpaired) electrons. The molecule has 0 amide bonds. The highest BCUT2D eigenvalue weighted by atomic mass is 15.1. The molecule has 5 heteroatoms. The van der Waals surface area contributed by atoms with Crippen molar-refractivity contribution in [1.29, 1.82) is 0 Å². The molecular formula is C9H7N5. The van der Waals surface area contributed by atoms with E-state index in [0.717, 1.165) is 17.0 Å². The molecule has 3 aromatic heterocycles. The van der Waals surface area contributed by atoms with Crippen LogP contribution in [0.4, 0.5) is 0 Å². The maximum Gasteiger partial charge on any atom is 0.168 e. The van der Waals surface area contributed by atoms with Crippen LogP contribution in [0.3, 0.4) is 0 Å². The van der Waals surface area contributed by atoms with Gasteiger partial charge < -0.3 is 9.55 Å². The molecule has 0 aromatic carbocycles. The molecule has 5 nitrogen and oxygen atoms in total. The molecular weight excluding hydrogens is 178 g/mol. The predicted octanol–water partition coefficient (Wildman–Crippen LogP) is 1.14. The van der Waals surface area contributed by atoms with Crippen LogP contribution in [0.15, 0.2) is 37.2 Å². The Kier molecular flexibility index (Phi) is 1.38. The van der Waals surface area contributed by atoms with Gasteiger partial charge in [-0.15, -0.1) is 0 Å². The normalized spacial score (nSPS) is 10.9. The third kappa shape index (κ3) is 0.922. The van der Waals surface area contributed by atoms with Crippen molar-refractivity contribution in [3.05, 3.63) is 37.2 Å². The van der Waals surface area contributed by atoms with Crippen molar-refractivity contribution in [3.8, 4) is 5.82 Å². The van der Waals surface area contributed by atoms with Gasteiger partial charge in [0.1, 0.15) is 6.33 Å². The summed E-state index contributed by atoms with van der Waals surface area (Å²) in [4.78, 5) is 15.4. The monoisotopic (exact) mass is 185 g/mol. The molecule has 0 saturated heterocycles. The molecule has 68 valence electrons. The lowest BCUT2D eigenvalue weighted by Crippen LogP contribution is -1.96. The van der Waals surface area contributed by atoms with Crippen LogP contribution >= 0.6 is 0 Å². The quantitative estimate of drug-likeness (QED) is 0.618. The van der Waals surface area contributed by atoms with E-state index in [9.17, 15) is 0 Å². The Morgan fingerprint density at radius 2 is 1.93 bits per heavy atom. The first-order valence-corrected chi connectivity index (χ1v) is 4.22. The summed E-state index contributed by atoms with van der Waals surface area (Å²) in [5.41, 5.74) is 1.53. The van der Waals surface area contributed by atoms with E-state index in [0.29, 0.717) is 0 Å². The Morgan fingerprint density at radius 3 is 2.79 bits per heavy atom. The van der Waals surface area contributed by atoms with Crippen LogP contribution in [-0.4, -0.2) is 24.5 Å².